The van der Waals surface area contributed by atoms with Gasteiger partial charge in [0.15, 0.2) is 0 Å². The van der Waals surface area contributed by atoms with Gasteiger partial charge in [-0.1, -0.05) is 37.3 Å². The van der Waals surface area contributed by atoms with Gasteiger partial charge in [0.25, 0.3) is 0 Å². The van der Waals surface area contributed by atoms with Crippen molar-refractivity contribution in [2.45, 2.75) is 64.6 Å². The number of hydrogen-bond acceptors (Lipinski definition) is 6. The van der Waals surface area contributed by atoms with Gasteiger partial charge in [-0.2, -0.15) is 5.11 Å². The summed E-state index contributed by atoms with van der Waals surface area (Å²) in [6.07, 6.45) is 14.2. The molecule has 166 valence electrons. The smallest absolute Gasteiger partial charge is 0.249 e. The number of nitrogens with one attached hydrogen (secondary N) is 1. The van der Waals surface area contributed by atoms with E-state index < -0.39 is 0 Å². The third kappa shape index (κ3) is 5.64. The van der Waals surface area contributed by atoms with Crippen LogP contribution in [0.15, 0.2) is 73.9 Å². The summed E-state index contributed by atoms with van der Waals surface area (Å²) >= 11 is 0. The summed E-state index contributed by atoms with van der Waals surface area (Å²) in [6, 6.07) is 0.0158. The fourth-order valence-electron chi connectivity index (χ4n) is 4.35. The van der Waals surface area contributed by atoms with E-state index in [0.29, 0.717) is 18.5 Å². The van der Waals surface area contributed by atoms with Crippen molar-refractivity contribution in [2.24, 2.45) is 21.4 Å². The standard InChI is InChI=1S/C23H32N6O2/c1-3-11-29(12-4-2)23(30)19-13-18-6-5-17(16-7-9-20(27-31)10-8-16)14-21(18)25-22(15-19)26-28-24/h5-7,9,13,21-22,25H,3-4,8,10-12,14-15H2,1-2H3,(H2,24,26). The van der Waals surface area contributed by atoms with Gasteiger partial charge in [-0.05, 0) is 66.2 Å². The Bertz CT molecular complexity index is 874. The average molecular weight is 425 g/mol. The van der Waals surface area contributed by atoms with Crippen LogP contribution in [-0.2, 0) is 4.79 Å². The Morgan fingerprint density at radius 2 is 1.84 bits per heavy atom. The van der Waals surface area contributed by atoms with Crippen molar-refractivity contribution < 1.29 is 4.79 Å². The van der Waals surface area contributed by atoms with Crippen molar-refractivity contribution >= 4 is 5.91 Å². The molecule has 0 aromatic carbocycles. The number of carbonyl (C=O) groups excluding carboxylic acids is 1. The second-order valence-electron chi connectivity index (χ2n) is 8.14. The summed E-state index contributed by atoms with van der Waals surface area (Å²) in [7, 11) is 0. The molecule has 2 atom stereocenters. The fourth-order valence-corrected chi connectivity index (χ4v) is 4.35. The van der Waals surface area contributed by atoms with E-state index in [0.717, 1.165) is 49.9 Å². The number of rotatable bonds is 8. The molecule has 8 nitrogen and oxygen atoms in total. The molecule has 1 heterocycles. The topological polar surface area (TPSA) is 113 Å². The van der Waals surface area contributed by atoms with E-state index in [1.807, 2.05) is 17.1 Å². The minimum absolute atomic E-state index is 0.0158. The van der Waals surface area contributed by atoms with E-state index in [9.17, 15) is 9.70 Å². The molecule has 1 amide bonds. The molecule has 0 bridgehead atoms. The second-order valence-corrected chi connectivity index (χ2v) is 8.14. The summed E-state index contributed by atoms with van der Waals surface area (Å²) < 4.78 is 0. The Labute approximate surface area is 183 Å². The number of allylic oxidation sites excluding steroid dienone is 6. The SMILES string of the molecule is CCCN(CCC)C(=O)C1=CC2=CC=C(C3=CC=C(N=O)CC3)CC2NC(N=NN)C1. The highest BCUT2D eigenvalue weighted by molar-refractivity contribution is 5.94. The molecule has 0 radical (unpaired) electrons. The maximum Gasteiger partial charge on any atom is 0.249 e. The predicted molar refractivity (Wildman–Crippen MR) is 122 cm³/mol. The van der Waals surface area contributed by atoms with E-state index >= 15 is 0 Å². The van der Waals surface area contributed by atoms with Crippen molar-refractivity contribution in [3.8, 4) is 0 Å². The Kier molecular flexibility index (Phi) is 8.06. The minimum atomic E-state index is -0.355. The zero-order valence-electron chi connectivity index (χ0n) is 18.4. The first kappa shape index (κ1) is 22.8. The third-order valence-electron chi connectivity index (χ3n) is 5.86. The zero-order valence-corrected chi connectivity index (χ0v) is 18.4. The van der Waals surface area contributed by atoms with Crippen LogP contribution in [0.1, 0.15) is 52.4 Å². The maximum atomic E-state index is 13.3. The lowest BCUT2D eigenvalue weighted by molar-refractivity contribution is -0.127. The van der Waals surface area contributed by atoms with Gasteiger partial charge >= 0.3 is 0 Å². The molecule has 31 heavy (non-hydrogen) atoms. The van der Waals surface area contributed by atoms with E-state index in [-0.39, 0.29) is 18.1 Å². The van der Waals surface area contributed by atoms with Gasteiger partial charge in [0.2, 0.25) is 5.91 Å². The first-order valence-electron chi connectivity index (χ1n) is 11.1. The van der Waals surface area contributed by atoms with Crippen LogP contribution in [0.5, 0.6) is 0 Å². The van der Waals surface area contributed by atoms with Gasteiger partial charge in [0, 0.05) is 31.1 Å². The lowest BCUT2D eigenvalue weighted by Gasteiger charge is -2.27. The summed E-state index contributed by atoms with van der Waals surface area (Å²) in [5.74, 6) is 5.42. The lowest BCUT2D eigenvalue weighted by atomic mass is 9.85. The number of nitroso groups, excluding NO2 is 1. The lowest BCUT2D eigenvalue weighted by Crippen LogP contribution is -2.39. The Hall–Kier alpha value is -2.87. The van der Waals surface area contributed by atoms with Crippen molar-refractivity contribution in [1.82, 2.24) is 10.2 Å². The van der Waals surface area contributed by atoms with Crippen LogP contribution in [0.2, 0.25) is 0 Å². The molecule has 0 aromatic heterocycles. The minimum Gasteiger partial charge on any atom is -0.339 e. The van der Waals surface area contributed by atoms with E-state index in [4.69, 9.17) is 5.84 Å². The highest BCUT2D eigenvalue weighted by atomic mass is 16.3. The molecule has 0 spiro atoms. The first-order chi connectivity index (χ1) is 15.1. The Morgan fingerprint density at radius 1 is 1.10 bits per heavy atom. The zero-order chi connectivity index (χ0) is 22.2. The van der Waals surface area contributed by atoms with Crippen molar-refractivity contribution in [1.29, 1.82) is 0 Å². The van der Waals surface area contributed by atoms with Crippen LogP contribution in [0.25, 0.3) is 0 Å². The van der Waals surface area contributed by atoms with Gasteiger partial charge in [0.05, 0.1) is 5.70 Å². The average Bonchev–Trinajstić information content (AvgIpc) is 2.97. The molecule has 3 rings (SSSR count). The number of nitrogens with two attached hydrogens (primary N) is 1. The third-order valence-corrected chi connectivity index (χ3v) is 5.86. The summed E-state index contributed by atoms with van der Waals surface area (Å²) in [4.78, 5) is 25.9. The molecule has 8 heteroatoms. The number of carbonyl (C=O) groups is 1. The van der Waals surface area contributed by atoms with Crippen molar-refractivity contribution in [2.75, 3.05) is 13.1 Å². The quantitative estimate of drug-likeness (QED) is 0.263. The summed E-state index contributed by atoms with van der Waals surface area (Å²) in [5, 5.41) is 14.2. The van der Waals surface area contributed by atoms with Gasteiger partial charge < -0.3 is 10.7 Å². The van der Waals surface area contributed by atoms with Crippen LogP contribution >= 0.6 is 0 Å². The Balaban J connectivity index is 1.90. The van der Waals surface area contributed by atoms with Crippen LogP contribution < -0.4 is 11.2 Å². The van der Waals surface area contributed by atoms with Crippen molar-refractivity contribution in [3.63, 3.8) is 0 Å². The van der Waals surface area contributed by atoms with Gasteiger partial charge in [-0.15, -0.1) is 4.91 Å². The van der Waals surface area contributed by atoms with E-state index in [1.165, 1.54) is 11.1 Å². The molecule has 0 saturated carbocycles. The molecule has 1 aliphatic heterocycles. The van der Waals surface area contributed by atoms with Crippen LogP contribution in [0.3, 0.4) is 0 Å². The Morgan fingerprint density at radius 3 is 2.45 bits per heavy atom. The molecule has 3 aliphatic rings. The molecule has 0 fully saturated rings. The largest absolute Gasteiger partial charge is 0.339 e. The predicted octanol–water partition coefficient (Wildman–Crippen LogP) is 4.20. The summed E-state index contributed by atoms with van der Waals surface area (Å²) in [5.41, 5.74) is 4.81. The molecule has 2 aliphatic carbocycles. The van der Waals surface area contributed by atoms with Gasteiger partial charge in [0.1, 0.15) is 6.17 Å². The number of hydrogen-bond donors (Lipinski definition) is 2. The highest BCUT2D eigenvalue weighted by Gasteiger charge is 2.30. The van der Waals surface area contributed by atoms with Crippen LogP contribution in [0.4, 0.5) is 0 Å². The van der Waals surface area contributed by atoms with E-state index in [2.05, 4.69) is 46.8 Å². The number of fused-ring (bicyclic) bond motifs is 1. The number of amides is 1. The molecule has 3 N–H and O–H groups in total. The molecular formula is C23H32N6O2. The number of nitrogens with zero attached hydrogens (tertiary/aromatic N) is 4. The maximum absolute atomic E-state index is 13.3. The molecule has 2 unspecified atom stereocenters. The van der Waals surface area contributed by atoms with Crippen molar-refractivity contribution in [3.05, 3.63) is 63.3 Å². The normalized spacial score (nSPS) is 23.6. The summed E-state index contributed by atoms with van der Waals surface area (Å²) in [6.45, 7) is 5.65. The molecule has 0 saturated heterocycles. The first-order valence-corrected chi connectivity index (χ1v) is 11.1. The second kappa shape index (κ2) is 10.9. The van der Waals surface area contributed by atoms with Gasteiger partial charge in [-0.25, -0.2) is 0 Å². The molecular weight excluding hydrogens is 392 g/mol. The van der Waals surface area contributed by atoms with Crippen LogP contribution in [-0.4, -0.2) is 36.1 Å². The van der Waals surface area contributed by atoms with E-state index in [1.54, 1.807) is 6.08 Å². The fraction of sp³-hybridized carbons (Fsp3) is 0.522. The van der Waals surface area contributed by atoms with Crippen LogP contribution in [0, 0.1) is 4.91 Å². The monoisotopic (exact) mass is 424 g/mol. The molecule has 0 aromatic rings. The van der Waals surface area contributed by atoms with Gasteiger partial charge in [-0.3, -0.25) is 10.1 Å². The highest BCUT2D eigenvalue weighted by Crippen LogP contribution is 2.33.